The molecule has 1 aromatic carbocycles. The van der Waals surface area contributed by atoms with Gasteiger partial charge in [0, 0.05) is 5.92 Å². The van der Waals surface area contributed by atoms with Crippen molar-refractivity contribution in [3.8, 4) is 0 Å². The van der Waals surface area contributed by atoms with E-state index in [-0.39, 0.29) is 5.92 Å². The summed E-state index contributed by atoms with van der Waals surface area (Å²) in [7, 11) is 0. The van der Waals surface area contributed by atoms with Crippen LogP contribution in [0.25, 0.3) is 0 Å². The first-order valence-electron chi connectivity index (χ1n) is 11.6. The molecule has 0 unspecified atom stereocenters. The standard InChI is InChI=1S/C27H34O2/c1-17-8-11-23-22-10-9-19-16-18(20-6-4-5-7-21(20)25(28)29)12-14-27(19,3)24(22)13-15-26(17,23)2/h4-7,16,18,22-24H,1,8-15H2,2-3H3,(H,28,29)/t18-,22+,23+,24+,26-,27+/m1/s1. The molecule has 2 nitrogen and oxygen atoms in total. The first kappa shape index (κ1) is 19.2. The highest BCUT2D eigenvalue weighted by Gasteiger charge is 2.57. The predicted molar refractivity (Wildman–Crippen MR) is 117 cm³/mol. The number of hydrogen-bond acceptors (Lipinski definition) is 1. The maximum absolute atomic E-state index is 11.7. The number of carboxylic acid groups (broad SMARTS) is 1. The van der Waals surface area contributed by atoms with Crippen LogP contribution in [0.2, 0.25) is 0 Å². The van der Waals surface area contributed by atoms with E-state index in [1.165, 1.54) is 50.5 Å². The molecule has 3 saturated carbocycles. The lowest BCUT2D eigenvalue weighted by Crippen LogP contribution is -2.49. The van der Waals surface area contributed by atoms with E-state index in [9.17, 15) is 9.90 Å². The molecule has 0 radical (unpaired) electrons. The van der Waals surface area contributed by atoms with Gasteiger partial charge in [-0.1, -0.05) is 55.8 Å². The number of allylic oxidation sites excluding steroid dienone is 3. The lowest BCUT2D eigenvalue weighted by Gasteiger charge is -2.58. The Bertz CT molecular complexity index is 896. The lowest BCUT2D eigenvalue weighted by molar-refractivity contribution is -0.0262. The zero-order chi connectivity index (χ0) is 20.4. The van der Waals surface area contributed by atoms with E-state index in [4.69, 9.17) is 0 Å². The van der Waals surface area contributed by atoms with E-state index in [1.54, 1.807) is 11.6 Å². The molecule has 0 heterocycles. The van der Waals surface area contributed by atoms with Crippen molar-refractivity contribution in [2.75, 3.05) is 0 Å². The first-order chi connectivity index (χ1) is 13.8. The fourth-order valence-corrected chi connectivity index (χ4v) is 7.90. The highest BCUT2D eigenvalue weighted by atomic mass is 16.4. The number of rotatable bonds is 2. The van der Waals surface area contributed by atoms with Crippen LogP contribution in [0.5, 0.6) is 0 Å². The molecule has 0 saturated heterocycles. The normalized spacial score (nSPS) is 41.2. The number of hydrogen-bond donors (Lipinski definition) is 1. The Labute approximate surface area is 175 Å². The van der Waals surface area contributed by atoms with Crippen LogP contribution in [0.3, 0.4) is 0 Å². The molecule has 29 heavy (non-hydrogen) atoms. The summed E-state index contributed by atoms with van der Waals surface area (Å²) in [4.78, 5) is 11.7. The molecular weight excluding hydrogens is 356 g/mol. The third-order valence-corrected chi connectivity index (χ3v) is 9.66. The van der Waals surface area contributed by atoms with Crippen LogP contribution in [0.1, 0.15) is 87.1 Å². The molecule has 2 heteroatoms. The fraction of sp³-hybridized carbons (Fsp3) is 0.593. The Kier molecular flexibility index (Phi) is 4.35. The molecule has 0 aromatic heterocycles. The second-order valence-electron chi connectivity index (χ2n) is 10.7. The second-order valence-corrected chi connectivity index (χ2v) is 10.7. The van der Waals surface area contributed by atoms with Crippen LogP contribution < -0.4 is 0 Å². The molecule has 154 valence electrons. The molecule has 0 amide bonds. The van der Waals surface area contributed by atoms with Crippen molar-refractivity contribution in [3.05, 3.63) is 59.2 Å². The average molecular weight is 391 g/mol. The summed E-state index contributed by atoms with van der Waals surface area (Å²) in [6.07, 6.45) is 12.5. The Hall–Kier alpha value is -1.83. The summed E-state index contributed by atoms with van der Waals surface area (Å²) < 4.78 is 0. The molecule has 4 aliphatic carbocycles. The molecule has 6 atom stereocenters. The Morgan fingerprint density at radius 1 is 1.00 bits per heavy atom. The average Bonchev–Trinajstić information content (AvgIpc) is 3.02. The van der Waals surface area contributed by atoms with Gasteiger partial charge in [-0.2, -0.15) is 0 Å². The van der Waals surface area contributed by atoms with Crippen molar-refractivity contribution in [1.82, 2.24) is 0 Å². The van der Waals surface area contributed by atoms with Crippen LogP contribution in [-0.4, -0.2) is 11.1 Å². The molecule has 0 spiro atoms. The van der Waals surface area contributed by atoms with Gasteiger partial charge >= 0.3 is 5.97 Å². The van der Waals surface area contributed by atoms with Gasteiger partial charge in [-0.3, -0.25) is 0 Å². The molecule has 3 fully saturated rings. The zero-order valence-corrected chi connectivity index (χ0v) is 17.9. The van der Waals surface area contributed by atoms with Gasteiger partial charge in [0.1, 0.15) is 0 Å². The summed E-state index contributed by atoms with van der Waals surface area (Å²) in [5, 5.41) is 9.64. The van der Waals surface area contributed by atoms with Crippen LogP contribution in [0.15, 0.2) is 48.1 Å². The van der Waals surface area contributed by atoms with Crippen molar-refractivity contribution in [2.45, 2.75) is 71.1 Å². The highest BCUT2D eigenvalue weighted by Crippen LogP contribution is 2.66. The summed E-state index contributed by atoms with van der Waals surface area (Å²) in [6, 6.07) is 7.61. The van der Waals surface area contributed by atoms with Gasteiger partial charge in [0.25, 0.3) is 0 Å². The molecule has 0 aliphatic heterocycles. The maximum Gasteiger partial charge on any atom is 0.335 e. The van der Waals surface area contributed by atoms with Gasteiger partial charge in [0.15, 0.2) is 0 Å². The van der Waals surface area contributed by atoms with Crippen molar-refractivity contribution in [1.29, 1.82) is 0 Å². The van der Waals surface area contributed by atoms with Crippen LogP contribution in [0, 0.1) is 28.6 Å². The van der Waals surface area contributed by atoms with Gasteiger partial charge in [-0.05, 0) is 91.6 Å². The van der Waals surface area contributed by atoms with Gasteiger partial charge < -0.3 is 5.11 Å². The summed E-state index contributed by atoms with van der Waals surface area (Å²) in [5.74, 6) is 1.92. The van der Waals surface area contributed by atoms with Gasteiger partial charge in [0.05, 0.1) is 5.56 Å². The van der Waals surface area contributed by atoms with E-state index in [2.05, 4.69) is 26.5 Å². The molecule has 1 aromatic rings. The third-order valence-electron chi connectivity index (χ3n) is 9.66. The largest absolute Gasteiger partial charge is 0.478 e. The number of carbonyl (C=O) groups is 1. The number of fused-ring (bicyclic) bond motifs is 5. The van der Waals surface area contributed by atoms with Gasteiger partial charge in [-0.25, -0.2) is 4.79 Å². The quantitative estimate of drug-likeness (QED) is 0.553. The van der Waals surface area contributed by atoms with Crippen molar-refractivity contribution in [3.63, 3.8) is 0 Å². The topological polar surface area (TPSA) is 37.3 Å². The highest BCUT2D eigenvalue weighted by molar-refractivity contribution is 5.89. The lowest BCUT2D eigenvalue weighted by atomic mass is 9.47. The summed E-state index contributed by atoms with van der Waals surface area (Å²) >= 11 is 0. The molecule has 1 N–H and O–H groups in total. The van der Waals surface area contributed by atoms with Crippen LogP contribution in [-0.2, 0) is 0 Å². The molecule has 4 aliphatic rings. The van der Waals surface area contributed by atoms with E-state index in [0.29, 0.717) is 16.4 Å². The Morgan fingerprint density at radius 2 is 1.72 bits per heavy atom. The number of aromatic carboxylic acids is 1. The minimum absolute atomic E-state index is 0.252. The SMILES string of the molecule is C=C1CC[C@H]2[C@@H]3CCC4=C[C@H](c5ccccc5C(=O)O)CC[C@]4(C)[C@H]3CC[C@]12C. The number of benzene rings is 1. The number of carboxylic acids is 1. The smallest absolute Gasteiger partial charge is 0.335 e. The Balaban J connectivity index is 1.46. The second kappa shape index (κ2) is 6.59. The van der Waals surface area contributed by atoms with Gasteiger partial charge in [-0.15, -0.1) is 0 Å². The molecular formula is C27H34O2. The van der Waals surface area contributed by atoms with Crippen molar-refractivity contribution >= 4 is 5.97 Å². The minimum atomic E-state index is -0.802. The predicted octanol–water partition coefficient (Wildman–Crippen LogP) is 6.99. The van der Waals surface area contributed by atoms with E-state index in [0.717, 1.165) is 29.7 Å². The fourth-order valence-electron chi connectivity index (χ4n) is 7.90. The molecule has 0 bridgehead atoms. The minimum Gasteiger partial charge on any atom is -0.478 e. The Morgan fingerprint density at radius 3 is 2.52 bits per heavy atom. The maximum atomic E-state index is 11.7. The van der Waals surface area contributed by atoms with Crippen molar-refractivity contribution in [2.24, 2.45) is 28.6 Å². The summed E-state index contributed by atoms with van der Waals surface area (Å²) in [5.41, 5.74) is 5.31. The van der Waals surface area contributed by atoms with E-state index >= 15 is 0 Å². The summed E-state index contributed by atoms with van der Waals surface area (Å²) in [6.45, 7) is 9.48. The van der Waals surface area contributed by atoms with Crippen LogP contribution >= 0.6 is 0 Å². The van der Waals surface area contributed by atoms with Crippen LogP contribution in [0.4, 0.5) is 0 Å². The zero-order valence-electron chi connectivity index (χ0n) is 17.9. The first-order valence-corrected chi connectivity index (χ1v) is 11.6. The van der Waals surface area contributed by atoms with E-state index in [1.807, 2.05) is 18.2 Å². The molecule has 5 rings (SSSR count). The van der Waals surface area contributed by atoms with E-state index < -0.39 is 5.97 Å². The monoisotopic (exact) mass is 390 g/mol. The van der Waals surface area contributed by atoms with Crippen molar-refractivity contribution < 1.29 is 9.90 Å². The van der Waals surface area contributed by atoms with Gasteiger partial charge in [0.2, 0.25) is 0 Å². The third kappa shape index (κ3) is 2.71.